The van der Waals surface area contributed by atoms with Crippen molar-refractivity contribution < 1.29 is 22.7 Å². The van der Waals surface area contributed by atoms with Crippen molar-refractivity contribution in [2.45, 2.75) is 33.8 Å². The molecule has 7 nitrogen and oxygen atoms in total. The van der Waals surface area contributed by atoms with E-state index in [-0.39, 0.29) is 5.92 Å². The van der Waals surface area contributed by atoms with E-state index >= 15 is 0 Å². The van der Waals surface area contributed by atoms with Crippen LogP contribution in [0.3, 0.4) is 0 Å². The molecule has 0 bridgehead atoms. The summed E-state index contributed by atoms with van der Waals surface area (Å²) >= 11 is 0. The molecule has 0 spiro atoms. The van der Waals surface area contributed by atoms with Crippen LogP contribution in [0.5, 0.6) is 0 Å². The molecule has 1 fully saturated rings. The second-order valence-corrected chi connectivity index (χ2v) is 7.52. The van der Waals surface area contributed by atoms with Crippen LogP contribution in [-0.4, -0.2) is 71.0 Å². The minimum atomic E-state index is -3.37. The van der Waals surface area contributed by atoms with Crippen LogP contribution >= 0.6 is 0 Å². The number of morpholine rings is 1. The molecule has 1 rings (SSSR count). The van der Waals surface area contributed by atoms with Crippen LogP contribution in [0.25, 0.3) is 0 Å². The molecule has 1 aliphatic rings. The maximum absolute atomic E-state index is 10.7. The lowest BCUT2D eigenvalue weighted by atomic mass is 10.2. The first kappa shape index (κ1) is 21.3. The van der Waals surface area contributed by atoms with E-state index in [4.69, 9.17) is 9.47 Å². The summed E-state index contributed by atoms with van der Waals surface area (Å²) in [5.41, 5.74) is 0. The molecule has 8 heteroatoms. The summed E-state index contributed by atoms with van der Waals surface area (Å²) in [4.78, 5) is 13.0. The van der Waals surface area contributed by atoms with E-state index in [0.717, 1.165) is 45.7 Å². The predicted molar refractivity (Wildman–Crippen MR) is 86.2 cm³/mol. The fraction of sp³-hybridized carbons (Fsp3) is 0.929. The van der Waals surface area contributed by atoms with Gasteiger partial charge in [-0.25, -0.2) is 8.42 Å². The van der Waals surface area contributed by atoms with Gasteiger partial charge in [-0.15, -0.1) is 0 Å². The van der Waals surface area contributed by atoms with Crippen molar-refractivity contribution in [1.29, 1.82) is 0 Å². The van der Waals surface area contributed by atoms with E-state index in [0.29, 0.717) is 6.10 Å². The second kappa shape index (κ2) is 10.9. The van der Waals surface area contributed by atoms with Gasteiger partial charge < -0.3 is 9.47 Å². The molecule has 0 aromatic carbocycles. The van der Waals surface area contributed by atoms with Crippen LogP contribution in [0, 0.1) is 5.92 Å². The Labute approximate surface area is 134 Å². The summed E-state index contributed by atoms with van der Waals surface area (Å²) in [7, 11) is -3.37. The number of amides is 1. The summed E-state index contributed by atoms with van der Waals surface area (Å²) in [5, 5.41) is 0. The normalized spacial score (nSPS) is 16.3. The largest absolute Gasteiger partial charge is 0.379 e. The average molecular weight is 338 g/mol. The third kappa shape index (κ3) is 13.0. The Hall–Kier alpha value is -0.700. The monoisotopic (exact) mass is 338 g/mol. The molecule has 0 unspecified atom stereocenters. The first-order valence-electron chi connectivity index (χ1n) is 7.55. The van der Waals surface area contributed by atoms with Crippen LogP contribution in [0.15, 0.2) is 0 Å². The number of rotatable bonds is 6. The molecule has 1 aliphatic heterocycles. The highest BCUT2D eigenvalue weighted by atomic mass is 32.2. The van der Waals surface area contributed by atoms with Crippen molar-refractivity contribution in [1.82, 2.24) is 9.62 Å². The van der Waals surface area contributed by atoms with Gasteiger partial charge in [0.2, 0.25) is 15.9 Å². The zero-order valence-corrected chi connectivity index (χ0v) is 15.1. The van der Waals surface area contributed by atoms with Gasteiger partial charge in [0.25, 0.3) is 0 Å². The van der Waals surface area contributed by atoms with Gasteiger partial charge in [-0.2, -0.15) is 0 Å². The highest BCUT2D eigenvalue weighted by Gasteiger charge is 2.11. The van der Waals surface area contributed by atoms with Gasteiger partial charge in [-0.1, -0.05) is 13.8 Å². The molecule has 0 aliphatic carbocycles. The van der Waals surface area contributed by atoms with E-state index < -0.39 is 15.9 Å². The molecule has 0 radical (unpaired) electrons. The second-order valence-electron chi connectivity index (χ2n) is 5.77. The third-order valence-electron chi connectivity index (χ3n) is 2.77. The highest BCUT2D eigenvalue weighted by molar-refractivity contribution is 7.89. The molecule has 0 aromatic heterocycles. The molecular weight excluding hydrogens is 308 g/mol. The molecule has 1 amide bonds. The molecule has 0 aromatic rings. The van der Waals surface area contributed by atoms with Crippen LogP contribution in [0.1, 0.15) is 27.7 Å². The van der Waals surface area contributed by atoms with Gasteiger partial charge in [0.15, 0.2) is 0 Å². The minimum absolute atomic E-state index is 0.297. The number of sulfonamides is 1. The van der Waals surface area contributed by atoms with E-state index in [1.807, 2.05) is 4.72 Å². The Morgan fingerprint density at radius 2 is 1.77 bits per heavy atom. The highest BCUT2D eigenvalue weighted by Crippen LogP contribution is 1.97. The molecule has 0 atom stereocenters. The quantitative estimate of drug-likeness (QED) is 0.757. The topological polar surface area (TPSA) is 84.9 Å². The molecular formula is C14H30N2O5S. The van der Waals surface area contributed by atoms with Gasteiger partial charge >= 0.3 is 0 Å². The molecule has 1 N–H and O–H groups in total. The third-order valence-corrected chi connectivity index (χ3v) is 3.34. The van der Waals surface area contributed by atoms with Gasteiger partial charge in [-0.05, 0) is 13.8 Å². The lowest BCUT2D eigenvalue weighted by molar-refractivity contribution is -0.122. The van der Waals surface area contributed by atoms with Gasteiger partial charge in [0.05, 0.1) is 32.2 Å². The van der Waals surface area contributed by atoms with Crippen LogP contribution < -0.4 is 4.72 Å². The number of hydrogen-bond donors (Lipinski definition) is 1. The van der Waals surface area contributed by atoms with Crippen molar-refractivity contribution in [3.05, 3.63) is 0 Å². The van der Waals surface area contributed by atoms with E-state index in [1.54, 1.807) is 13.8 Å². The summed E-state index contributed by atoms with van der Waals surface area (Å²) in [5.74, 6) is -0.766. The number of hydrogen-bond acceptors (Lipinski definition) is 6. The number of ether oxygens (including phenoxy) is 2. The van der Waals surface area contributed by atoms with Crippen LogP contribution in [0.2, 0.25) is 0 Å². The Bertz CT molecular complexity index is 403. The number of carbonyl (C=O) groups is 1. The summed E-state index contributed by atoms with van der Waals surface area (Å²) < 4.78 is 33.4. The van der Waals surface area contributed by atoms with Crippen LogP contribution in [-0.2, 0) is 24.3 Å². The Morgan fingerprint density at radius 3 is 2.14 bits per heavy atom. The zero-order valence-electron chi connectivity index (χ0n) is 14.3. The summed E-state index contributed by atoms with van der Waals surface area (Å²) in [6.07, 6.45) is 1.30. The smallest absolute Gasteiger partial charge is 0.235 e. The Kier molecular flexibility index (Phi) is 10.6. The fourth-order valence-electron chi connectivity index (χ4n) is 1.54. The molecule has 0 saturated carbocycles. The summed E-state index contributed by atoms with van der Waals surface area (Å²) in [6, 6.07) is 0. The van der Waals surface area contributed by atoms with Crippen molar-refractivity contribution in [3.63, 3.8) is 0 Å². The molecule has 1 saturated heterocycles. The van der Waals surface area contributed by atoms with E-state index in [9.17, 15) is 13.2 Å². The van der Waals surface area contributed by atoms with Crippen molar-refractivity contribution >= 4 is 15.9 Å². The molecule has 132 valence electrons. The Morgan fingerprint density at radius 1 is 1.23 bits per heavy atom. The lowest BCUT2D eigenvalue weighted by Gasteiger charge is -2.26. The maximum Gasteiger partial charge on any atom is 0.235 e. The Balaban J connectivity index is 0.000000409. The SMILES string of the molecule is CC(C)C(=O)NS(C)(=O)=O.CC(C)OCCN1CCOCC1. The summed E-state index contributed by atoms with van der Waals surface area (Å²) in [6.45, 7) is 13.1. The zero-order chi connectivity index (χ0) is 17.2. The standard InChI is InChI=1S/C9H19NO2.C5H11NO3S/c1-9(2)12-8-5-10-3-6-11-7-4-10;1-4(2)5(7)6-10(3,8)9/h9H,3-8H2,1-2H3;4H,1-3H3,(H,6,7). The van der Waals surface area contributed by atoms with E-state index in [2.05, 4.69) is 18.7 Å². The van der Waals surface area contributed by atoms with Crippen molar-refractivity contribution in [2.24, 2.45) is 5.92 Å². The number of nitrogens with one attached hydrogen (secondary N) is 1. The first-order chi connectivity index (χ1) is 10.1. The predicted octanol–water partition coefficient (Wildman–Crippen LogP) is 0.462. The van der Waals surface area contributed by atoms with Gasteiger partial charge in [0.1, 0.15) is 0 Å². The first-order valence-corrected chi connectivity index (χ1v) is 9.44. The minimum Gasteiger partial charge on any atom is -0.379 e. The van der Waals surface area contributed by atoms with Crippen molar-refractivity contribution in [3.8, 4) is 0 Å². The van der Waals surface area contributed by atoms with Crippen molar-refractivity contribution in [2.75, 3.05) is 45.7 Å². The fourth-order valence-corrected chi connectivity index (χ4v) is 2.14. The average Bonchev–Trinajstić information content (AvgIpc) is 2.38. The van der Waals surface area contributed by atoms with Gasteiger partial charge in [-0.3, -0.25) is 14.4 Å². The lowest BCUT2D eigenvalue weighted by Crippen LogP contribution is -2.38. The molecule has 22 heavy (non-hydrogen) atoms. The van der Waals surface area contributed by atoms with E-state index in [1.165, 1.54) is 0 Å². The van der Waals surface area contributed by atoms with Crippen LogP contribution in [0.4, 0.5) is 0 Å². The van der Waals surface area contributed by atoms with Gasteiger partial charge in [0, 0.05) is 25.6 Å². The number of carbonyl (C=O) groups excluding carboxylic acids is 1. The maximum atomic E-state index is 10.7. The molecule has 1 heterocycles. The number of nitrogens with zero attached hydrogens (tertiary/aromatic N) is 1.